The van der Waals surface area contributed by atoms with Crippen LogP contribution in [0.15, 0.2) is 12.2 Å². The van der Waals surface area contributed by atoms with Crippen molar-refractivity contribution in [2.45, 2.75) is 151 Å². The maximum atomic E-state index is 12.5. The fraction of sp³-hybridized carbons (Fsp3) is 0.875. The monoisotopic (exact) mass is 638 g/mol. The summed E-state index contributed by atoms with van der Waals surface area (Å²) in [5.41, 5.74) is 2.42. The van der Waals surface area contributed by atoms with E-state index in [1.807, 2.05) is 0 Å². The van der Waals surface area contributed by atoms with Gasteiger partial charge in [0.25, 0.3) is 0 Å². The summed E-state index contributed by atoms with van der Waals surface area (Å²) in [6, 6.07) is 0. The zero-order valence-electron chi connectivity index (χ0n) is 30.9. The highest BCUT2D eigenvalue weighted by molar-refractivity contribution is 6.74. The topological polar surface area (TPSA) is 44.8 Å². The average molecular weight is 639 g/mol. The molecule has 5 fully saturated rings. The number of fused-ring (bicyclic) bond motifs is 7. The molecule has 5 aliphatic carbocycles. The molecular formula is C40H66O4Si. The fourth-order valence-corrected chi connectivity index (χ4v) is 13.6. The Labute approximate surface area is 277 Å². The minimum atomic E-state index is -1.84. The molecular weight excluding hydrogens is 573 g/mol. The molecule has 0 aromatic rings. The largest absolute Gasteiger partial charge is 0.509 e. The van der Waals surface area contributed by atoms with Crippen LogP contribution in [0.2, 0.25) is 18.1 Å². The number of carbonyl (C=O) groups is 1. The number of rotatable bonds is 6. The summed E-state index contributed by atoms with van der Waals surface area (Å²) in [6.07, 6.45) is 16.9. The molecule has 0 radical (unpaired) electrons. The van der Waals surface area contributed by atoms with Gasteiger partial charge in [0.05, 0.1) is 0 Å². The summed E-state index contributed by atoms with van der Waals surface area (Å²) < 4.78 is 18.2. The summed E-state index contributed by atoms with van der Waals surface area (Å²) in [6.45, 7) is 32.6. The van der Waals surface area contributed by atoms with E-state index in [4.69, 9.17) is 20.3 Å². The zero-order chi connectivity index (χ0) is 33.4. The van der Waals surface area contributed by atoms with Crippen molar-refractivity contribution in [3.8, 4) is 12.3 Å². The van der Waals surface area contributed by atoms with Gasteiger partial charge in [0.1, 0.15) is 6.10 Å². The molecule has 5 saturated carbocycles. The first-order valence-electron chi connectivity index (χ1n) is 18.3. The van der Waals surface area contributed by atoms with E-state index in [1.54, 1.807) is 0 Å². The molecule has 0 spiro atoms. The lowest BCUT2D eigenvalue weighted by Crippen LogP contribution is -2.67. The SMILES string of the molecule is C#CCOC(=O)O[C@H]1CC[C@]2(C)[C@H]3CC[C@@H]4[C@H]5[C@H](C(=C)C)CC[C@]5(CO[Si](C)(C)C(C)(C)C)CC[C@@]4(C)[C@]3(C)CC[C@H]2C1(C)C. The van der Waals surface area contributed by atoms with Gasteiger partial charge in [0.15, 0.2) is 14.9 Å². The Bertz CT molecular complexity index is 1210. The van der Waals surface area contributed by atoms with Gasteiger partial charge >= 0.3 is 6.16 Å². The number of hydrogen-bond acceptors (Lipinski definition) is 4. The molecule has 0 N–H and O–H groups in total. The van der Waals surface area contributed by atoms with Crippen LogP contribution in [0, 0.1) is 69.0 Å². The van der Waals surface area contributed by atoms with Crippen LogP contribution in [-0.2, 0) is 13.9 Å². The minimum absolute atomic E-state index is 0.0375. The van der Waals surface area contributed by atoms with Crippen LogP contribution in [0.5, 0.6) is 0 Å². The number of hydrogen-bond donors (Lipinski definition) is 0. The van der Waals surface area contributed by atoms with Crippen LogP contribution >= 0.6 is 0 Å². The van der Waals surface area contributed by atoms with E-state index >= 15 is 0 Å². The smallest absolute Gasteiger partial charge is 0.430 e. The molecule has 5 aliphatic rings. The summed E-state index contributed by atoms with van der Waals surface area (Å²) in [7, 11) is -1.84. The first-order valence-corrected chi connectivity index (χ1v) is 21.2. The van der Waals surface area contributed by atoms with Gasteiger partial charge in [0.2, 0.25) is 0 Å². The predicted molar refractivity (Wildman–Crippen MR) is 187 cm³/mol. The molecule has 4 nitrogen and oxygen atoms in total. The second-order valence-electron chi connectivity index (χ2n) is 19.3. The van der Waals surface area contributed by atoms with E-state index in [0.29, 0.717) is 39.9 Å². The lowest BCUT2D eigenvalue weighted by atomic mass is 9.32. The molecule has 0 bridgehead atoms. The molecule has 0 aromatic heterocycles. The van der Waals surface area contributed by atoms with Crippen molar-refractivity contribution in [1.82, 2.24) is 0 Å². The summed E-state index contributed by atoms with van der Waals surface area (Å²) >= 11 is 0. The molecule has 0 heterocycles. The molecule has 10 atom stereocenters. The van der Waals surface area contributed by atoms with E-state index < -0.39 is 14.5 Å². The summed E-state index contributed by atoms with van der Waals surface area (Å²) in [4.78, 5) is 12.5. The van der Waals surface area contributed by atoms with Crippen molar-refractivity contribution in [1.29, 1.82) is 0 Å². The van der Waals surface area contributed by atoms with Crippen molar-refractivity contribution in [3.05, 3.63) is 12.2 Å². The number of carbonyl (C=O) groups excluding carboxylic acids is 1. The molecule has 0 unspecified atom stereocenters. The highest BCUT2D eigenvalue weighted by Crippen LogP contribution is 2.77. The highest BCUT2D eigenvalue weighted by atomic mass is 28.4. The maximum absolute atomic E-state index is 12.5. The van der Waals surface area contributed by atoms with Crippen molar-refractivity contribution in [3.63, 3.8) is 0 Å². The molecule has 0 aromatic carbocycles. The van der Waals surface area contributed by atoms with Crippen molar-refractivity contribution in [2.75, 3.05) is 13.2 Å². The van der Waals surface area contributed by atoms with Gasteiger partial charge in [0, 0.05) is 12.0 Å². The molecule has 254 valence electrons. The van der Waals surface area contributed by atoms with Gasteiger partial charge in [-0.1, -0.05) is 73.5 Å². The van der Waals surface area contributed by atoms with Crippen LogP contribution in [0.4, 0.5) is 4.79 Å². The van der Waals surface area contributed by atoms with Crippen LogP contribution in [0.1, 0.15) is 127 Å². The second-order valence-corrected chi connectivity index (χ2v) is 24.1. The quantitative estimate of drug-likeness (QED) is 0.126. The molecule has 5 rings (SSSR count). The van der Waals surface area contributed by atoms with Crippen molar-refractivity contribution >= 4 is 14.5 Å². The molecule has 0 aliphatic heterocycles. The van der Waals surface area contributed by atoms with Crippen LogP contribution < -0.4 is 0 Å². The van der Waals surface area contributed by atoms with Gasteiger partial charge in [-0.25, -0.2) is 4.79 Å². The Kier molecular flexibility index (Phi) is 8.90. The van der Waals surface area contributed by atoms with Gasteiger partial charge in [-0.05, 0) is 141 Å². The number of terminal acetylenes is 1. The minimum Gasteiger partial charge on any atom is -0.430 e. The van der Waals surface area contributed by atoms with Crippen LogP contribution in [-0.4, -0.2) is 33.8 Å². The van der Waals surface area contributed by atoms with Gasteiger partial charge in [-0.3, -0.25) is 0 Å². The third kappa shape index (κ3) is 5.30. The fourth-order valence-electron chi connectivity index (χ4n) is 12.5. The van der Waals surface area contributed by atoms with Gasteiger partial charge in [-0.2, -0.15) is 0 Å². The number of allylic oxidation sites excluding steroid dienone is 1. The third-order valence-electron chi connectivity index (χ3n) is 16.2. The van der Waals surface area contributed by atoms with Crippen molar-refractivity contribution < 1.29 is 18.7 Å². The van der Waals surface area contributed by atoms with E-state index in [0.717, 1.165) is 25.4 Å². The highest BCUT2D eigenvalue weighted by Gasteiger charge is 2.71. The van der Waals surface area contributed by atoms with Gasteiger partial charge < -0.3 is 13.9 Å². The zero-order valence-corrected chi connectivity index (χ0v) is 31.9. The van der Waals surface area contributed by atoms with E-state index in [9.17, 15) is 4.79 Å². The van der Waals surface area contributed by atoms with Crippen molar-refractivity contribution in [2.24, 2.45) is 56.7 Å². The molecule has 0 saturated heterocycles. The summed E-state index contributed by atoms with van der Waals surface area (Å²) in [5, 5.41) is 0.230. The molecule has 45 heavy (non-hydrogen) atoms. The normalized spacial score (nSPS) is 44.0. The Hall–Kier alpha value is -1.25. The summed E-state index contributed by atoms with van der Waals surface area (Å²) in [5.74, 6) is 5.59. The lowest BCUT2D eigenvalue weighted by Gasteiger charge is -2.73. The Morgan fingerprint density at radius 3 is 2.22 bits per heavy atom. The average Bonchev–Trinajstić information content (AvgIpc) is 3.32. The third-order valence-corrected chi connectivity index (χ3v) is 20.7. The predicted octanol–water partition coefficient (Wildman–Crippen LogP) is 10.8. The molecule has 0 amide bonds. The maximum Gasteiger partial charge on any atom is 0.509 e. The first kappa shape index (κ1) is 35.1. The second kappa shape index (κ2) is 11.4. The molecule has 5 heteroatoms. The standard InChI is InChI=1S/C40H66O4Si/c1-14-25-42-34(41)44-32-19-20-37(9)30(36(32,7)8)18-21-39(11)31(37)16-15-29-33-28(27(2)3)17-22-40(33,24-23-38(29,39)10)26-43-45(12,13)35(4,5)6/h1,28-33H,2,15-26H2,3-13H3/t28-,29+,30-,31+,32-,33+,37-,38+,39+,40+/m0/s1. The van der Waals surface area contributed by atoms with Crippen LogP contribution in [0.3, 0.4) is 0 Å². The van der Waals surface area contributed by atoms with E-state index in [2.05, 4.69) is 87.9 Å². The van der Waals surface area contributed by atoms with E-state index in [1.165, 1.54) is 56.9 Å². The van der Waals surface area contributed by atoms with Crippen LogP contribution in [0.25, 0.3) is 0 Å². The Morgan fingerprint density at radius 1 is 0.911 bits per heavy atom. The van der Waals surface area contributed by atoms with Gasteiger partial charge in [-0.15, -0.1) is 6.42 Å². The lowest BCUT2D eigenvalue weighted by molar-refractivity contribution is -0.249. The van der Waals surface area contributed by atoms with E-state index in [-0.39, 0.29) is 28.6 Å². The number of ether oxygens (including phenoxy) is 2. The Morgan fingerprint density at radius 2 is 1.60 bits per heavy atom. The Balaban J connectivity index is 1.43. The first-order chi connectivity index (χ1) is 20.7.